The summed E-state index contributed by atoms with van der Waals surface area (Å²) >= 11 is 0. The van der Waals surface area contributed by atoms with E-state index in [1.54, 1.807) is 13.8 Å². The van der Waals surface area contributed by atoms with Crippen LogP contribution in [0.1, 0.15) is 13.8 Å². The average Bonchev–Trinajstić information content (AvgIpc) is 2.17. The molecule has 84 valence electrons. The van der Waals surface area contributed by atoms with Crippen molar-refractivity contribution in [3.8, 4) is 0 Å². The van der Waals surface area contributed by atoms with Crippen LogP contribution >= 0.6 is 0 Å². The lowest BCUT2D eigenvalue weighted by molar-refractivity contribution is -0.156. The maximum absolute atomic E-state index is 11.1. The van der Waals surface area contributed by atoms with Crippen LogP contribution in [0.2, 0.25) is 0 Å². The molecule has 0 radical (unpaired) electrons. The molecule has 0 spiro atoms. The van der Waals surface area contributed by atoms with Gasteiger partial charge in [-0.2, -0.15) is 0 Å². The van der Waals surface area contributed by atoms with Crippen LogP contribution in [-0.4, -0.2) is 45.0 Å². The number of hydrogen-bond donors (Lipinski definition) is 1. The number of nitrogens with two attached hydrogens (primary N) is 1. The Morgan fingerprint density at radius 2 is 2.07 bits per heavy atom. The molecule has 0 aromatic carbocycles. The van der Waals surface area contributed by atoms with Crippen molar-refractivity contribution in [3.63, 3.8) is 0 Å². The zero-order valence-corrected chi connectivity index (χ0v) is 8.82. The predicted molar refractivity (Wildman–Crippen MR) is 51.9 cm³/mol. The minimum atomic E-state index is -0.531. The second-order valence-corrected chi connectivity index (χ2v) is 2.67. The molecule has 0 rings (SSSR count). The van der Waals surface area contributed by atoms with Crippen LogP contribution in [0.5, 0.6) is 0 Å². The molecular formula is C9H19NO4. The molecule has 5 nitrogen and oxygen atoms in total. The lowest BCUT2D eigenvalue weighted by Crippen LogP contribution is -2.25. The summed E-state index contributed by atoms with van der Waals surface area (Å²) in [4.78, 5) is 11.1. The first-order valence-electron chi connectivity index (χ1n) is 4.78. The van der Waals surface area contributed by atoms with Gasteiger partial charge in [0.2, 0.25) is 0 Å². The van der Waals surface area contributed by atoms with Gasteiger partial charge in [0.25, 0.3) is 0 Å². The van der Waals surface area contributed by atoms with E-state index in [0.717, 1.165) is 0 Å². The van der Waals surface area contributed by atoms with Gasteiger partial charge in [0.15, 0.2) is 6.10 Å². The third kappa shape index (κ3) is 6.82. The molecule has 0 amide bonds. The molecule has 5 heteroatoms. The van der Waals surface area contributed by atoms with E-state index in [9.17, 15) is 4.79 Å². The first kappa shape index (κ1) is 13.4. The van der Waals surface area contributed by atoms with Crippen molar-refractivity contribution in [2.24, 2.45) is 5.73 Å². The minimum Gasteiger partial charge on any atom is -0.464 e. The van der Waals surface area contributed by atoms with Gasteiger partial charge in [-0.25, -0.2) is 4.79 Å². The van der Waals surface area contributed by atoms with E-state index >= 15 is 0 Å². The van der Waals surface area contributed by atoms with Crippen molar-refractivity contribution < 1.29 is 19.0 Å². The normalized spacial score (nSPS) is 12.5. The minimum absolute atomic E-state index is 0.341. The first-order valence-corrected chi connectivity index (χ1v) is 4.78. The molecule has 0 aliphatic carbocycles. The number of rotatable bonds is 8. The number of esters is 1. The van der Waals surface area contributed by atoms with Crippen molar-refractivity contribution in [1.29, 1.82) is 0 Å². The Balaban J connectivity index is 3.34. The average molecular weight is 205 g/mol. The first-order chi connectivity index (χ1) is 6.72. The van der Waals surface area contributed by atoms with Crippen LogP contribution in [-0.2, 0) is 19.0 Å². The van der Waals surface area contributed by atoms with Gasteiger partial charge in [-0.3, -0.25) is 0 Å². The monoisotopic (exact) mass is 205 g/mol. The Morgan fingerprint density at radius 3 is 2.64 bits per heavy atom. The molecule has 0 bridgehead atoms. The summed E-state index contributed by atoms with van der Waals surface area (Å²) in [5.41, 5.74) is 5.22. The number of hydrogen-bond acceptors (Lipinski definition) is 5. The third-order valence-electron chi connectivity index (χ3n) is 1.48. The van der Waals surface area contributed by atoms with E-state index in [1.165, 1.54) is 0 Å². The van der Waals surface area contributed by atoms with Crippen molar-refractivity contribution in [1.82, 2.24) is 0 Å². The standard InChI is InChI=1S/C9H19NO4/c1-3-13-9(11)8(2)14-7-6-12-5-4-10/h8H,3-7,10H2,1-2H3. The van der Waals surface area contributed by atoms with Gasteiger partial charge in [-0.15, -0.1) is 0 Å². The zero-order valence-electron chi connectivity index (χ0n) is 8.82. The molecule has 0 fully saturated rings. The van der Waals surface area contributed by atoms with Crippen molar-refractivity contribution in [2.45, 2.75) is 20.0 Å². The summed E-state index contributed by atoms with van der Waals surface area (Å²) in [6.07, 6.45) is -0.531. The Labute approximate surface area is 84.5 Å². The van der Waals surface area contributed by atoms with Gasteiger partial charge in [0.1, 0.15) is 0 Å². The number of ether oxygens (including phenoxy) is 3. The highest BCUT2D eigenvalue weighted by atomic mass is 16.6. The van der Waals surface area contributed by atoms with Gasteiger partial charge in [0.05, 0.1) is 26.4 Å². The van der Waals surface area contributed by atoms with E-state index in [2.05, 4.69) is 0 Å². The molecule has 0 aliphatic heterocycles. The van der Waals surface area contributed by atoms with E-state index in [0.29, 0.717) is 33.0 Å². The molecule has 0 saturated carbocycles. The highest BCUT2D eigenvalue weighted by molar-refractivity contribution is 5.74. The van der Waals surface area contributed by atoms with Gasteiger partial charge in [0, 0.05) is 6.54 Å². The second kappa shape index (κ2) is 8.93. The maximum atomic E-state index is 11.1. The largest absolute Gasteiger partial charge is 0.464 e. The summed E-state index contributed by atoms with van der Waals surface area (Å²) in [5.74, 6) is -0.341. The predicted octanol–water partition coefficient (Wildman–Crippen LogP) is -0.0701. The van der Waals surface area contributed by atoms with Crippen LogP contribution in [0, 0.1) is 0 Å². The van der Waals surface area contributed by atoms with Crippen molar-refractivity contribution >= 4 is 5.97 Å². The van der Waals surface area contributed by atoms with E-state index in [1.807, 2.05) is 0 Å². The number of carbonyl (C=O) groups is 1. The Morgan fingerprint density at radius 1 is 1.36 bits per heavy atom. The number of carbonyl (C=O) groups excluding carboxylic acids is 1. The lowest BCUT2D eigenvalue weighted by Gasteiger charge is -2.11. The maximum Gasteiger partial charge on any atom is 0.334 e. The Bertz CT molecular complexity index is 152. The summed E-state index contributed by atoms with van der Waals surface area (Å²) in [5, 5.41) is 0. The van der Waals surface area contributed by atoms with Crippen LogP contribution in [0.15, 0.2) is 0 Å². The highest BCUT2D eigenvalue weighted by Gasteiger charge is 2.13. The fourth-order valence-electron chi connectivity index (χ4n) is 0.797. The molecule has 0 aromatic rings. The van der Waals surface area contributed by atoms with E-state index in [4.69, 9.17) is 19.9 Å². The van der Waals surface area contributed by atoms with E-state index in [-0.39, 0.29) is 5.97 Å². The molecule has 0 heterocycles. The molecule has 1 unspecified atom stereocenters. The van der Waals surface area contributed by atoms with Gasteiger partial charge >= 0.3 is 5.97 Å². The van der Waals surface area contributed by atoms with Crippen molar-refractivity contribution in [3.05, 3.63) is 0 Å². The fraction of sp³-hybridized carbons (Fsp3) is 0.889. The van der Waals surface area contributed by atoms with Crippen LogP contribution in [0.3, 0.4) is 0 Å². The second-order valence-electron chi connectivity index (χ2n) is 2.67. The highest BCUT2D eigenvalue weighted by Crippen LogP contribution is 1.94. The zero-order chi connectivity index (χ0) is 10.8. The third-order valence-corrected chi connectivity index (χ3v) is 1.48. The summed E-state index contributed by atoms with van der Waals surface area (Å²) < 4.78 is 15.0. The quantitative estimate of drug-likeness (QED) is 0.443. The van der Waals surface area contributed by atoms with Gasteiger partial charge < -0.3 is 19.9 Å². The molecule has 14 heavy (non-hydrogen) atoms. The fourth-order valence-corrected chi connectivity index (χ4v) is 0.797. The summed E-state index contributed by atoms with van der Waals surface area (Å²) in [7, 11) is 0. The molecular weight excluding hydrogens is 186 g/mol. The van der Waals surface area contributed by atoms with Crippen molar-refractivity contribution in [2.75, 3.05) is 33.0 Å². The van der Waals surface area contributed by atoms with Crippen LogP contribution < -0.4 is 5.73 Å². The summed E-state index contributed by atoms with van der Waals surface area (Å²) in [6, 6.07) is 0. The smallest absolute Gasteiger partial charge is 0.334 e. The van der Waals surface area contributed by atoms with Gasteiger partial charge in [-0.1, -0.05) is 0 Å². The SMILES string of the molecule is CCOC(=O)C(C)OCCOCCN. The van der Waals surface area contributed by atoms with Crippen LogP contribution in [0.25, 0.3) is 0 Å². The Kier molecular flexibility index (Phi) is 8.51. The lowest BCUT2D eigenvalue weighted by atomic mass is 10.4. The topological polar surface area (TPSA) is 70.8 Å². The Hall–Kier alpha value is -0.650. The molecule has 0 saturated heterocycles. The van der Waals surface area contributed by atoms with Gasteiger partial charge in [-0.05, 0) is 13.8 Å². The molecule has 2 N–H and O–H groups in total. The summed E-state index contributed by atoms with van der Waals surface area (Å²) in [6.45, 7) is 5.61. The molecule has 0 aromatic heterocycles. The van der Waals surface area contributed by atoms with Crippen LogP contribution in [0.4, 0.5) is 0 Å². The molecule has 1 atom stereocenters. The molecule has 0 aliphatic rings. The van der Waals surface area contributed by atoms with E-state index < -0.39 is 6.10 Å².